The summed E-state index contributed by atoms with van der Waals surface area (Å²) < 4.78 is 6.29. The van der Waals surface area contributed by atoms with Crippen LogP contribution in [0.4, 0.5) is 5.69 Å². The predicted octanol–water partition coefficient (Wildman–Crippen LogP) is 3.22. The Morgan fingerprint density at radius 2 is 1.89 bits per heavy atom. The van der Waals surface area contributed by atoms with Crippen molar-refractivity contribution in [3.63, 3.8) is 0 Å². The summed E-state index contributed by atoms with van der Waals surface area (Å²) in [4.78, 5) is 13.8. The van der Waals surface area contributed by atoms with E-state index < -0.39 is 0 Å². The molecule has 2 atom stereocenters. The van der Waals surface area contributed by atoms with E-state index in [1.165, 1.54) is 32.4 Å². The highest BCUT2D eigenvalue weighted by atomic mass is 16.5. The van der Waals surface area contributed by atoms with Crippen LogP contribution in [-0.4, -0.2) is 60.3 Å². The summed E-state index contributed by atoms with van der Waals surface area (Å²) in [6.45, 7) is 8.39. The van der Waals surface area contributed by atoms with E-state index >= 15 is 0 Å². The number of hydrogen-bond donors (Lipinski definition) is 0. The van der Waals surface area contributed by atoms with E-state index in [9.17, 15) is 5.26 Å². The molecule has 1 aromatic heterocycles. The van der Waals surface area contributed by atoms with E-state index in [0.29, 0.717) is 17.0 Å². The van der Waals surface area contributed by atoms with Crippen LogP contribution in [-0.2, 0) is 4.74 Å². The highest BCUT2D eigenvalue weighted by Gasteiger charge is 2.27. The lowest BCUT2D eigenvalue weighted by atomic mass is 9.96. The van der Waals surface area contributed by atoms with Gasteiger partial charge in [0.25, 0.3) is 0 Å². The minimum absolute atomic E-state index is 0.232. The number of anilines is 1. The number of likely N-dealkylation sites (tertiary alicyclic amines) is 1. The lowest BCUT2D eigenvalue weighted by Crippen LogP contribution is -2.44. The molecule has 6 heteroatoms. The first-order valence-corrected chi connectivity index (χ1v) is 10.5. The molecule has 0 spiro atoms. The standard InChI is InChI=1S/C22H29N5O/c1-17-13-19(28-12-11-26-9-3-2-4-10-26)16-27(15-17)20-6-5-18(14-23)21-22(20)25-8-7-24-21/h5-8,17,19H,2-4,9-13,15-16H2,1H3/t17-,19+/m1/s1. The molecule has 0 aliphatic carbocycles. The summed E-state index contributed by atoms with van der Waals surface area (Å²) in [5.74, 6) is 0.552. The fourth-order valence-corrected chi connectivity index (χ4v) is 4.53. The Labute approximate surface area is 167 Å². The number of fused-ring (bicyclic) bond motifs is 1. The van der Waals surface area contributed by atoms with Gasteiger partial charge in [0.1, 0.15) is 17.1 Å². The third-order valence-corrected chi connectivity index (χ3v) is 5.90. The van der Waals surface area contributed by atoms with E-state index in [1.807, 2.05) is 12.1 Å². The van der Waals surface area contributed by atoms with E-state index in [0.717, 1.165) is 43.9 Å². The quantitative estimate of drug-likeness (QED) is 0.795. The van der Waals surface area contributed by atoms with Crippen LogP contribution in [0.5, 0.6) is 0 Å². The average molecular weight is 380 g/mol. The summed E-state index contributed by atoms with van der Waals surface area (Å²) in [6.07, 6.45) is 8.69. The Balaban J connectivity index is 1.45. The van der Waals surface area contributed by atoms with Crippen molar-refractivity contribution < 1.29 is 4.74 Å². The van der Waals surface area contributed by atoms with Crippen LogP contribution in [0.15, 0.2) is 24.5 Å². The van der Waals surface area contributed by atoms with Crippen LogP contribution >= 0.6 is 0 Å². The summed E-state index contributed by atoms with van der Waals surface area (Å²) in [6, 6.07) is 6.10. The molecule has 0 radical (unpaired) electrons. The van der Waals surface area contributed by atoms with E-state index in [-0.39, 0.29) is 6.10 Å². The maximum atomic E-state index is 9.37. The van der Waals surface area contributed by atoms with Crippen LogP contribution in [0.1, 0.15) is 38.2 Å². The summed E-state index contributed by atoms with van der Waals surface area (Å²) in [5.41, 5.74) is 3.12. The van der Waals surface area contributed by atoms with Crippen LogP contribution in [0.3, 0.4) is 0 Å². The molecule has 3 heterocycles. The Bertz CT molecular complexity index is 842. The molecule has 0 N–H and O–H groups in total. The zero-order valence-electron chi connectivity index (χ0n) is 16.7. The minimum atomic E-state index is 0.232. The molecule has 148 valence electrons. The molecule has 2 aliphatic rings. The summed E-state index contributed by atoms with van der Waals surface area (Å²) >= 11 is 0. The van der Waals surface area contributed by atoms with Gasteiger partial charge in [0.05, 0.1) is 24.0 Å². The SMILES string of the molecule is C[C@@H]1C[C@H](OCCN2CCCCC2)CN(c2ccc(C#N)c3nccnc23)C1. The number of hydrogen-bond acceptors (Lipinski definition) is 6. The first-order chi connectivity index (χ1) is 13.7. The molecular formula is C22H29N5O. The van der Waals surface area contributed by atoms with E-state index in [1.54, 1.807) is 12.4 Å². The van der Waals surface area contributed by atoms with Crippen LogP contribution in [0.2, 0.25) is 0 Å². The predicted molar refractivity (Wildman–Crippen MR) is 110 cm³/mol. The van der Waals surface area contributed by atoms with Crippen molar-refractivity contribution in [2.45, 2.75) is 38.7 Å². The molecule has 0 saturated carbocycles. The molecule has 0 bridgehead atoms. The minimum Gasteiger partial charge on any atom is -0.375 e. The Hall–Kier alpha value is -2.23. The molecule has 28 heavy (non-hydrogen) atoms. The largest absolute Gasteiger partial charge is 0.375 e. The van der Waals surface area contributed by atoms with Crippen molar-refractivity contribution in [1.29, 1.82) is 5.26 Å². The Kier molecular flexibility index (Phi) is 6.04. The fraction of sp³-hybridized carbons (Fsp3) is 0.591. The van der Waals surface area contributed by atoms with Gasteiger partial charge in [0, 0.05) is 32.0 Å². The number of nitrogens with zero attached hydrogens (tertiary/aromatic N) is 5. The van der Waals surface area contributed by atoms with Gasteiger partial charge in [-0.2, -0.15) is 5.26 Å². The molecule has 2 saturated heterocycles. The first kappa shape index (κ1) is 19.1. The second-order valence-electron chi connectivity index (χ2n) is 8.14. The number of ether oxygens (including phenoxy) is 1. The smallest absolute Gasteiger partial charge is 0.113 e. The number of benzene rings is 1. The van der Waals surface area contributed by atoms with Gasteiger partial charge in [0.15, 0.2) is 0 Å². The highest BCUT2D eigenvalue weighted by molar-refractivity contribution is 5.92. The molecule has 1 aromatic carbocycles. The highest BCUT2D eigenvalue weighted by Crippen LogP contribution is 2.30. The van der Waals surface area contributed by atoms with Gasteiger partial charge in [-0.3, -0.25) is 9.97 Å². The maximum Gasteiger partial charge on any atom is 0.113 e. The second-order valence-corrected chi connectivity index (χ2v) is 8.14. The maximum absolute atomic E-state index is 9.37. The van der Waals surface area contributed by atoms with Crippen molar-refractivity contribution >= 4 is 16.7 Å². The molecule has 0 amide bonds. The van der Waals surface area contributed by atoms with Crippen molar-refractivity contribution in [2.24, 2.45) is 5.92 Å². The van der Waals surface area contributed by atoms with Crippen molar-refractivity contribution in [3.05, 3.63) is 30.1 Å². The molecular weight excluding hydrogens is 350 g/mol. The first-order valence-electron chi connectivity index (χ1n) is 10.5. The second kappa shape index (κ2) is 8.85. The van der Waals surface area contributed by atoms with Gasteiger partial charge in [-0.1, -0.05) is 13.3 Å². The van der Waals surface area contributed by atoms with Crippen LogP contribution in [0.25, 0.3) is 11.0 Å². The lowest BCUT2D eigenvalue weighted by Gasteiger charge is -2.38. The van der Waals surface area contributed by atoms with Gasteiger partial charge in [0.2, 0.25) is 0 Å². The van der Waals surface area contributed by atoms with Crippen LogP contribution < -0.4 is 4.90 Å². The molecule has 2 fully saturated rings. The van der Waals surface area contributed by atoms with E-state index in [4.69, 9.17) is 4.74 Å². The zero-order chi connectivity index (χ0) is 19.3. The van der Waals surface area contributed by atoms with Crippen molar-refractivity contribution in [2.75, 3.05) is 44.2 Å². The molecule has 2 aromatic rings. The van der Waals surface area contributed by atoms with Crippen molar-refractivity contribution in [1.82, 2.24) is 14.9 Å². The van der Waals surface area contributed by atoms with E-state index in [2.05, 4.69) is 32.8 Å². The van der Waals surface area contributed by atoms with Crippen molar-refractivity contribution in [3.8, 4) is 6.07 Å². The number of piperidine rings is 2. The van der Waals surface area contributed by atoms with Crippen LogP contribution in [0, 0.1) is 17.2 Å². The third kappa shape index (κ3) is 4.26. The Morgan fingerprint density at radius 3 is 2.68 bits per heavy atom. The summed E-state index contributed by atoms with van der Waals surface area (Å²) in [7, 11) is 0. The molecule has 2 aliphatic heterocycles. The molecule has 0 unspecified atom stereocenters. The Morgan fingerprint density at radius 1 is 1.11 bits per heavy atom. The van der Waals surface area contributed by atoms with Gasteiger partial charge in [-0.05, 0) is 50.4 Å². The van der Waals surface area contributed by atoms with Gasteiger partial charge in [-0.25, -0.2) is 0 Å². The third-order valence-electron chi connectivity index (χ3n) is 5.90. The summed E-state index contributed by atoms with van der Waals surface area (Å²) in [5, 5.41) is 9.37. The lowest BCUT2D eigenvalue weighted by molar-refractivity contribution is 0.0177. The fourth-order valence-electron chi connectivity index (χ4n) is 4.53. The van der Waals surface area contributed by atoms with Gasteiger partial charge < -0.3 is 14.5 Å². The monoisotopic (exact) mass is 379 g/mol. The number of rotatable bonds is 5. The van der Waals surface area contributed by atoms with Gasteiger partial charge >= 0.3 is 0 Å². The average Bonchev–Trinajstić information content (AvgIpc) is 2.73. The molecule has 4 rings (SSSR count). The number of nitriles is 1. The van der Waals surface area contributed by atoms with Gasteiger partial charge in [-0.15, -0.1) is 0 Å². The number of aromatic nitrogens is 2. The molecule has 6 nitrogen and oxygen atoms in total. The normalized spacial score (nSPS) is 23.6. The topological polar surface area (TPSA) is 65.3 Å². The zero-order valence-corrected chi connectivity index (χ0v) is 16.7.